The van der Waals surface area contributed by atoms with Gasteiger partial charge >= 0.3 is 0 Å². The molecular weight excluding hydrogens is 168 g/mol. The number of nitrogens with zero attached hydrogens (tertiary/aromatic N) is 1. The van der Waals surface area contributed by atoms with Crippen molar-refractivity contribution < 1.29 is 9.53 Å². The Balaban J connectivity index is 2.12. The van der Waals surface area contributed by atoms with Gasteiger partial charge in [0, 0.05) is 5.70 Å². The van der Waals surface area contributed by atoms with Gasteiger partial charge in [0.2, 0.25) is 0 Å². The highest BCUT2D eigenvalue weighted by Crippen LogP contribution is 2.09. The summed E-state index contributed by atoms with van der Waals surface area (Å²) in [6, 6.07) is 0. The maximum absolute atomic E-state index is 11.4. The molecule has 0 spiro atoms. The van der Waals surface area contributed by atoms with E-state index in [1.807, 2.05) is 12.2 Å². The normalized spacial score (nSPS) is 27.4. The van der Waals surface area contributed by atoms with Crippen LogP contribution in [0.2, 0.25) is 0 Å². The summed E-state index contributed by atoms with van der Waals surface area (Å²) < 4.78 is 5.29. The highest BCUT2D eigenvalue weighted by Gasteiger charge is 2.28. The lowest BCUT2D eigenvalue weighted by molar-refractivity contribution is -0.130. The first kappa shape index (κ1) is 8.19. The van der Waals surface area contributed by atoms with E-state index in [-0.39, 0.29) is 5.91 Å². The van der Waals surface area contributed by atoms with E-state index in [1.54, 1.807) is 0 Å². The monoisotopic (exact) mass is 178 g/mol. The van der Waals surface area contributed by atoms with Crippen LogP contribution in [-0.4, -0.2) is 30.9 Å². The first-order chi connectivity index (χ1) is 6.27. The Labute approximate surface area is 76.0 Å². The minimum atomic E-state index is -0.552. The van der Waals surface area contributed by atoms with Gasteiger partial charge in [-0.1, -0.05) is 12.7 Å². The zero-order valence-electron chi connectivity index (χ0n) is 7.12. The van der Waals surface area contributed by atoms with Gasteiger partial charge in [0.15, 0.2) is 6.10 Å². The lowest BCUT2D eigenvalue weighted by atomic mass is 10.2. The Bertz CT molecular complexity index is 318. The number of carbonyl (C=O) groups excluding carboxylic acids is 1. The standard InChI is InChI=1S/C9H10N2O2/c1-6-5-13-8(9(12)11-6)7-3-2-4-10-7/h2-3,8H,1,4-5H2,(H,11,12). The molecule has 0 saturated carbocycles. The van der Waals surface area contributed by atoms with Crippen LogP contribution in [0, 0.1) is 0 Å². The molecule has 4 nitrogen and oxygen atoms in total. The second kappa shape index (κ2) is 3.14. The van der Waals surface area contributed by atoms with E-state index in [4.69, 9.17) is 4.74 Å². The Morgan fingerprint density at radius 1 is 1.69 bits per heavy atom. The largest absolute Gasteiger partial charge is 0.356 e. The van der Waals surface area contributed by atoms with E-state index in [0.717, 1.165) is 0 Å². The van der Waals surface area contributed by atoms with Crippen molar-refractivity contribution in [1.82, 2.24) is 5.32 Å². The van der Waals surface area contributed by atoms with Crippen molar-refractivity contribution in [2.45, 2.75) is 6.10 Å². The van der Waals surface area contributed by atoms with E-state index in [0.29, 0.717) is 24.6 Å². The Kier molecular flexibility index (Phi) is 1.98. The second-order valence-electron chi connectivity index (χ2n) is 2.95. The molecule has 0 aromatic rings. The number of ether oxygens (including phenoxy) is 1. The van der Waals surface area contributed by atoms with E-state index in [1.165, 1.54) is 0 Å². The molecular formula is C9H10N2O2. The van der Waals surface area contributed by atoms with Gasteiger partial charge in [0.1, 0.15) is 0 Å². The number of morpholine rings is 1. The summed E-state index contributed by atoms with van der Waals surface area (Å²) in [6.07, 6.45) is 3.16. The van der Waals surface area contributed by atoms with Crippen molar-refractivity contribution >= 4 is 11.6 Å². The molecule has 13 heavy (non-hydrogen) atoms. The highest BCUT2D eigenvalue weighted by molar-refractivity contribution is 6.13. The third kappa shape index (κ3) is 1.53. The molecule has 4 heteroatoms. The summed E-state index contributed by atoms with van der Waals surface area (Å²) >= 11 is 0. The van der Waals surface area contributed by atoms with Crippen molar-refractivity contribution in [3.63, 3.8) is 0 Å². The third-order valence-electron chi connectivity index (χ3n) is 1.90. The van der Waals surface area contributed by atoms with Crippen LogP contribution in [0.1, 0.15) is 0 Å². The van der Waals surface area contributed by atoms with E-state index in [9.17, 15) is 4.79 Å². The van der Waals surface area contributed by atoms with Crippen LogP contribution in [0.3, 0.4) is 0 Å². The van der Waals surface area contributed by atoms with Crippen LogP contribution in [-0.2, 0) is 9.53 Å². The van der Waals surface area contributed by atoms with Crippen LogP contribution in [0.15, 0.2) is 29.4 Å². The molecule has 2 heterocycles. The predicted molar refractivity (Wildman–Crippen MR) is 48.5 cm³/mol. The molecule has 2 aliphatic rings. The topological polar surface area (TPSA) is 50.7 Å². The summed E-state index contributed by atoms with van der Waals surface area (Å²) in [5.74, 6) is -0.179. The molecule has 0 aromatic heterocycles. The van der Waals surface area contributed by atoms with Crippen LogP contribution in [0.4, 0.5) is 0 Å². The summed E-state index contributed by atoms with van der Waals surface area (Å²) in [5.41, 5.74) is 1.30. The average Bonchev–Trinajstić information content (AvgIpc) is 2.56. The van der Waals surface area contributed by atoms with Gasteiger partial charge in [-0.3, -0.25) is 9.79 Å². The number of carbonyl (C=O) groups is 1. The molecule has 0 aromatic carbocycles. The maximum Gasteiger partial charge on any atom is 0.259 e. The van der Waals surface area contributed by atoms with Crippen LogP contribution >= 0.6 is 0 Å². The molecule has 1 atom stereocenters. The number of amides is 1. The molecule has 1 N–H and O–H groups in total. The molecule has 0 radical (unpaired) electrons. The van der Waals surface area contributed by atoms with Gasteiger partial charge < -0.3 is 10.1 Å². The van der Waals surface area contributed by atoms with Gasteiger partial charge in [-0.05, 0) is 6.08 Å². The lowest BCUT2D eigenvalue weighted by Crippen LogP contribution is -2.46. The summed E-state index contributed by atoms with van der Waals surface area (Å²) in [7, 11) is 0. The van der Waals surface area contributed by atoms with Crippen LogP contribution < -0.4 is 5.32 Å². The number of nitrogens with one attached hydrogen (secondary N) is 1. The van der Waals surface area contributed by atoms with E-state index >= 15 is 0 Å². The lowest BCUT2D eigenvalue weighted by Gasteiger charge is -2.23. The minimum absolute atomic E-state index is 0.179. The summed E-state index contributed by atoms with van der Waals surface area (Å²) in [5, 5.41) is 2.63. The fourth-order valence-corrected chi connectivity index (χ4v) is 1.31. The highest BCUT2D eigenvalue weighted by atomic mass is 16.5. The number of hydrogen-bond donors (Lipinski definition) is 1. The van der Waals surface area contributed by atoms with Crippen molar-refractivity contribution in [2.75, 3.05) is 13.2 Å². The van der Waals surface area contributed by atoms with Gasteiger partial charge in [0.25, 0.3) is 5.91 Å². The smallest absolute Gasteiger partial charge is 0.259 e. The van der Waals surface area contributed by atoms with Crippen LogP contribution in [0.5, 0.6) is 0 Å². The SMILES string of the molecule is C=C1COC(C2=NCC=C2)C(=O)N1. The minimum Gasteiger partial charge on any atom is -0.356 e. The van der Waals surface area contributed by atoms with E-state index < -0.39 is 6.10 Å². The zero-order valence-corrected chi connectivity index (χ0v) is 7.12. The third-order valence-corrected chi connectivity index (χ3v) is 1.90. The first-order valence-electron chi connectivity index (χ1n) is 4.08. The fraction of sp³-hybridized carbons (Fsp3) is 0.333. The maximum atomic E-state index is 11.4. The molecule has 1 unspecified atom stereocenters. The van der Waals surface area contributed by atoms with Gasteiger partial charge in [-0.25, -0.2) is 0 Å². The Morgan fingerprint density at radius 2 is 2.54 bits per heavy atom. The van der Waals surface area contributed by atoms with Gasteiger partial charge in [-0.2, -0.15) is 0 Å². The summed E-state index contributed by atoms with van der Waals surface area (Å²) in [6.45, 7) is 4.62. The second-order valence-corrected chi connectivity index (χ2v) is 2.95. The quantitative estimate of drug-likeness (QED) is 0.615. The molecule has 0 aliphatic carbocycles. The molecule has 0 bridgehead atoms. The van der Waals surface area contributed by atoms with Crippen molar-refractivity contribution in [3.8, 4) is 0 Å². The molecule has 1 fully saturated rings. The Morgan fingerprint density at radius 3 is 3.15 bits per heavy atom. The van der Waals surface area contributed by atoms with Crippen molar-refractivity contribution in [1.29, 1.82) is 0 Å². The van der Waals surface area contributed by atoms with Crippen molar-refractivity contribution in [2.24, 2.45) is 4.99 Å². The molecule has 1 saturated heterocycles. The molecule has 68 valence electrons. The molecule has 2 rings (SSSR count). The fourth-order valence-electron chi connectivity index (χ4n) is 1.31. The molecule has 1 amide bonds. The Hall–Kier alpha value is -1.42. The van der Waals surface area contributed by atoms with Crippen molar-refractivity contribution in [3.05, 3.63) is 24.4 Å². The van der Waals surface area contributed by atoms with Gasteiger partial charge in [0.05, 0.1) is 18.9 Å². The number of rotatable bonds is 1. The predicted octanol–water partition coefficient (Wildman–Crippen LogP) is 0.0259. The summed E-state index contributed by atoms with van der Waals surface area (Å²) in [4.78, 5) is 15.5. The van der Waals surface area contributed by atoms with Crippen LogP contribution in [0.25, 0.3) is 0 Å². The van der Waals surface area contributed by atoms with Gasteiger partial charge in [-0.15, -0.1) is 0 Å². The zero-order chi connectivity index (χ0) is 9.26. The molecule has 2 aliphatic heterocycles. The average molecular weight is 178 g/mol. The van der Waals surface area contributed by atoms with E-state index in [2.05, 4.69) is 16.9 Å². The number of aliphatic imine (C=N–C) groups is 1. The first-order valence-corrected chi connectivity index (χ1v) is 4.08. The number of hydrogen-bond acceptors (Lipinski definition) is 3.